The molecule has 0 aliphatic carbocycles. The molecule has 2 aliphatic rings. The average Bonchev–Trinajstić information content (AvgIpc) is 2.81. The van der Waals surface area contributed by atoms with Crippen molar-refractivity contribution in [2.24, 2.45) is 5.92 Å². The van der Waals surface area contributed by atoms with Crippen LogP contribution in [0.25, 0.3) is 0 Å². The van der Waals surface area contributed by atoms with E-state index in [0.717, 1.165) is 38.3 Å². The van der Waals surface area contributed by atoms with Gasteiger partial charge in [-0.2, -0.15) is 0 Å². The molecule has 2 aromatic carbocycles. The summed E-state index contributed by atoms with van der Waals surface area (Å²) in [4.78, 5) is 2.63. The van der Waals surface area contributed by atoms with E-state index in [1.807, 2.05) is 6.07 Å². The van der Waals surface area contributed by atoms with Crippen LogP contribution in [0, 0.1) is 5.92 Å². The molecule has 178 valence electrons. The zero-order valence-electron chi connectivity index (χ0n) is 20.8. The van der Waals surface area contributed by atoms with Crippen LogP contribution in [-0.4, -0.2) is 41.2 Å². The van der Waals surface area contributed by atoms with E-state index in [1.54, 1.807) is 6.07 Å². The third-order valence-corrected chi connectivity index (χ3v) is 8.12. The normalized spacial score (nSPS) is 23.7. The molecule has 4 heteroatoms. The summed E-state index contributed by atoms with van der Waals surface area (Å²) in [5, 5.41) is 17.3. The quantitative estimate of drug-likeness (QED) is 0.560. The van der Waals surface area contributed by atoms with Gasteiger partial charge in [-0.1, -0.05) is 63.7 Å². The lowest BCUT2D eigenvalue weighted by atomic mass is 9.74. The lowest BCUT2D eigenvalue weighted by molar-refractivity contribution is 0.145. The molecule has 2 atom stereocenters. The average molecular weight is 448 g/mol. The molecule has 3 N–H and O–H groups in total. The number of phenols is 1. The smallest absolute Gasteiger partial charge is 0.115 e. The maximum absolute atomic E-state index is 9.80. The van der Waals surface area contributed by atoms with Gasteiger partial charge in [0, 0.05) is 24.8 Å². The molecule has 2 aromatic rings. The maximum atomic E-state index is 9.80. The van der Waals surface area contributed by atoms with Crippen molar-refractivity contribution in [1.82, 2.24) is 15.5 Å². The minimum Gasteiger partial charge on any atom is -0.508 e. The largest absolute Gasteiger partial charge is 0.508 e. The number of aromatic hydroxyl groups is 1. The van der Waals surface area contributed by atoms with E-state index in [4.69, 9.17) is 0 Å². The van der Waals surface area contributed by atoms with Crippen LogP contribution in [0.2, 0.25) is 0 Å². The van der Waals surface area contributed by atoms with Crippen LogP contribution in [0.5, 0.6) is 5.75 Å². The molecule has 33 heavy (non-hydrogen) atoms. The minimum absolute atomic E-state index is 0.203. The first-order valence-electron chi connectivity index (χ1n) is 12.5. The highest BCUT2D eigenvalue weighted by atomic mass is 16.3. The van der Waals surface area contributed by atoms with E-state index in [1.165, 1.54) is 29.5 Å². The molecule has 1 fully saturated rings. The van der Waals surface area contributed by atoms with Crippen LogP contribution in [0.15, 0.2) is 60.8 Å². The van der Waals surface area contributed by atoms with Crippen molar-refractivity contribution in [3.63, 3.8) is 0 Å². The van der Waals surface area contributed by atoms with Gasteiger partial charge in [0.1, 0.15) is 5.75 Å². The van der Waals surface area contributed by atoms with Crippen molar-refractivity contribution in [3.8, 4) is 5.75 Å². The molecular formula is C29H41N3O. The number of likely N-dealkylation sites (tertiary alicyclic amines) is 1. The monoisotopic (exact) mass is 447 g/mol. The summed E-state index contributed by atoms with van der Waals surface area (Å²) in [5.41, 5.74) is 5.08. The van der Waals surface area contributed by atoms with Gasteiger partial charge in [0.05, 0.1) is 5.54 Å². The molecule has 4 rings (SSSR count). The number of phenolic OH excluding ortho intramolecular Hbond substituents is 1. The van der Waals surface area contributed by atoms with E-state index < -0.39 is 0 Å². The van der Waals surface area contributed by atoms with Gasteiger partial charge in [-0.05, 0) is 79.4 Å². The second kappa shape index (κ2) is 9.52. The minimum atomic E-state index is -0.203. The summed E-state index contributed by atoms with van der Waals surface area (Å²) in [7, 11) is 0. The fourth-order valence-corrected chi connectivity index (χ4v) is 5.34. The summed E-state index contributed by atoms with van der Waals surface area (Å²) in [6.45, 7) is 17.8. The van der Waals surface area contributed by atoms with Crippen LogP contribution < -0.4 is 10.6 Å². The fraction of sp³-hybridized carbons (Fsp3) is 0.517. The summed E-state index contributed by atoms with van der Waals surface area (Å²) < 4.78 is 0. The molecule has 0 radical (unpaired) electrons. The van der Waals surface area contributed by atoms with Gasteiger partial charge >= 0.3 is 0 Å². The highest BCUT2D eigenvalue weighted by molar-refractivity contribution is 5.39. The van der Waals surface area contributed by atoms with E-state index in [9.17, 15) is 5.11 Å². The molecule has 0 saturated carbocycles. The number of hydrogen-bond acceptors (Lipinski definition) is 4. The Bertz CT molecular complexity index is 962. The van der Waals surface area contributed by atoms with E-state index in [-0.39, 0.29) is 11.0 Å². The van der Waals surface area contributed by atoms with Crippen LogP contribution in [0.4, 0.5) is 0 Å². The predicted octanol–water partition coefficient (Wildman–Crippen LogP) is 4.98. The van der Waals surface area contributed by atoms with Crippen molar-refractivity contribution >= 4 is 0 Å². The third-order valence-electron chi connectivity index (χ3n) is 8.12. The molecule has 4 nitrogen and oxygen atoms in total. The Kier molecular flexibility index (Phi) is 6.88. The van der Waals surface area contributed by atoms with Gasteiger partial charge in [-0.15, -0.1) is 0 Å². The number of hydrogen-bond donors (Lipinski definition) is 3. The van der Waals surface area contributed by atoms with Crippen molar-refractivity contribution in [3.05, 3.63) is 77.5 Å². The van der Waals surface area contributed by atoms with Gasteiger partial charge in [0.2, 0.25) is 0 Å². The van der Waals surface area contributed by atoms with Gasteiger partial charge in [0.25, 0.3) is 0 Å². The van der Waals surface area contributed by atoms with Gasteiger partial charge in [-0.25, -0.2) is 0 Å². The molecule has 0 unspecified atom stereocenters. The summed E-state index contributed by atoms with van der Waals surface area (Å²) in [6.07, 6.45) is 3.27. The number of benzene rings is 2. The van der Waals surface area contributed by atoms with E-state index in [0.29, 0.717) is 17.7 Å². The number of nitrogens with zero attached hydrogens (tertiary/aromatic N) is 1. The summed E-state index contributed by atoms with van der Waals surface area (Å²) in [6, 6.07) is 17.1. The lowest BCUT2D eigenvalue weighted by Gasteiger charge is -2.43. The SMILES string of the molecule is C=C(N[C@H](CN1CCC(C)(c2ccccc2)CC1)C(C)C)[C@@]1(C)Cc2ccc(O)cc2CN1. The Morgan fingerprint density at radius 3 is 2.45 bits per heavy atom. The van der Waals surface area contributed by atoms with Gasteiger partial charge in [-0.3, -0.25) is 0 Å². The van der Waals surface area contributed by atoms with Crippen molar-refractivity contribution in [2.45, 2.75) is 70.5 Å². The summed E-state index contributed by atoms with van der Waals surface area (Å²) in [5.74, 6) is 0.849. The van der Waals surface area contributed by atoms with Crippen LogP contribution in [-0.2, 0) is 18.4 Å². The Balaban J connectivity index is 1.36. The molecule has 0 amide bonds. The van der Waals surface area contributed by atoms with Crippen molar-refractivity contribution in [2.75, 3.05) is 19.6 Å². The third kappa shape index (κ3) is 5.28. The highest BCUT2D eigenvalue weighted by Gasteiger charge is 2.35. The summed E-state index contributed by atoms with van der Waals surface area (Å²) >= 11 is 0. The number of fused-ring (bicyclic) bond motifs is 1. The molecule has 1 saturated heterocycles. The Hall–Kier alpha value is -2.30. The molecule has 2 aliphatic heterocycles. The van der Waals surface area contributed by atoms with Gasteiger partial charge < -0.3 is 20.6 Å². The maximum Gasteiger partial charge on any atom is 0.115 e. The first-order valence-corrected chi connectivity index (χ1v) is 12.5. The first kappa shape index (κ1) is 23.8. The first-order chi connectivity index (χ1) is 15.7. The van der Waals surface area contributed by atoms with Crippen molar-refractivity contribution < 1.29 is 5.11 Å². The second-order valence-electron chi connectivity index (χ2n) is 11.0. The Labute approximate surface area is 200 Å². The molecular weight excluding hydrogens is 406 g/mol. The van der Waals surface area contributed by atoms with Crippen LogP contribution in [0.3, 0.4) is 0 Å². The number of piperidine rings is 1. The van der Waals surface area contributed by atoms with Crippen molar-refractivity contribution in [1.29, 1.82) is 0 Å². The zero-order chi connectivity index (χ0) is 23.6. The van der Waals surface area contributed by atoms with Crippen LogP contribution in [0.1, 0.15) is 57.2 Å². The molecule has 0 bridgehead atoms. The topological polar surface area (TPSA) is 47.5 Å². The predicted molar refractivity (Wildman–Crippen MR) is 137 cm³/mol. The fourth-order valence-electron chi connectivity index (χ4n) is 5.34. The van der Waals surface area contributed by atoms with Gasteiger partial charge in [0.15, 0.2) is 0 Å². The molecule has 2 heterocycles. The zero-order valence-corrected chi connectivity index (χ0v) is 20.8. The highest BCUT2D eigenvalue weighted by Crippen LogP contribution is 2.35. The standard InChI is InChI=1S/C29H41N3O/c1-21(2)27(20-32-15-13-28(4,14-16-32)25-9-7-6-8-10-25)31-22(3)29(5)18-23-11-12-26(33)17-24(23)19-30-29/h6-12,17,21,27,30-31,33H,3,13-16,18-20H2,1-2,4-5H3/t27-,29-/m1/s1. The Morgan fingerprint density at radius 1 is 1.09 bits per heavy atom. The number of nitrogens with one attached hydrogen (secondary N) is 2. The second-order valence-corrected chi connectivity index (χ2v) is 11.0. The Morgan fingerprint density at radius 2 is 1.79 bits per heavy atom. The lowest BCUT2D eigenvalue weighted by Crippen LogP contribution is -2.56. The molecule has 0 spiro atoms. The van der Waals surface area contributed by atoms with E-state index >= 15 is 0 Å². The van der Waals surface area contributed by atoms with Crippen LogP contribution >= 0.6 is 0 Å². The van der Waals surface area contributed by atoms with E-state index in [2.05, 4.69) is 86.2 Å². The number of rotatable bonds is 7. The molecule has 0 aromatic heterocycles.